The van der Waals surface area contributed by atoms with E-state index in [1.807, 2.05) is 0 Å². The third kappa shape index (κ3) is 5.79. The van der Waals surface area contributed by atoms with Crippen molar-refractivity contribution in [3.63, 3.8) is 0 Å². The molecular formula is C17H18F2N2O3S2. The second-order valence-corrected chi connectivity index (χ2v) is 8.44. The zero-order valence-electron chi connectivity index (χ0n) is 14.1. The molecule has 0 aliphatic carbocycles. The van der Waals surface area contributed by atoms with Crippen LogP contribution in [0.25, 0.3) is 0 Å². The van der Waals surface area contributed by atoms with Gasteiger partial charge in [-0.1, -0.05) is 17.8 Å². The van der Waals surface area contributed by atoms with Crippen molar-refractivity contribution in [2.45, 2.75) is 35.4 Å². The van der Waals surface area contributed by atoms with E-state index in [1.54, 1.807) is 13.8 Å². The smallest absolute Gasteiger partial charge is 0.288 e. The van der Waals surface area contributed by atoms with Gasteiger partial charge in [0.05, 0.1) is 4.90 Å². The van der Waals surface area contributed by atoms with Crippen LogP contribution in [0.1, 0.15) is 24.2 Å². The van der Waals surface area contributed by atoms with Crippen LogP contribution in [-0.4, -0.2) is 26.1 Å². The lowest BCUT2D eigenvalue weighted by molar-refractivity contribution is 0.102. The topological polar surface area (TPSA) is 75.3 Å². The summed E-state index contributed by atoms with van der Waals surface area (Å²) in [5, 5.41) is 2.61. The first-order valence-electron chi connectivity index (χ1n) is 7.66. The molecule has 2 rings (SSSR count). The third-order valence-electron chi connectivity index (χ3n) is 3.13. The Bertz CT molecular complexity index is 870. The number of sulfonamides is 1. The maximum Gasteiger partial charge on any atom is 0.288 e. The number of amides is 1. The van der Waals surface area contributed by atoms with Crippen LogP contribution in [0.5, 0.6) is 0 Å². The van der Waals surface area contributed by atoms with Crippen molar-refractivity contribution in [1.82, 2.24) is 4.72 Å². The van der Waals surface area contributed by atoms with E-state index in [0.717, 1.165) is 0 Å². The first-order chi connectivity index (χ1) is 12.2. The van der Waals surface area contributed by atoms with Crippen molar-refractivity contribution >= 4 is 33.4 Å². The number of thioether (sulfide) groups is 1. The number of hydrogen-bond acceptors (Lipinski definition) is 4. The molecule has 0 spiro atoms. The molecule has 5 nitrogen and oxygen atoms in total. The first-order valence-corrected chi connectivity index (χ1v) is 10.0. The van der Waals surface area contributed by atoms with Gasteiger partial charge >= 0.3 is 0 Å². The number of nitrogens with one attached hydrogen (secondary N) is 2. The molecule has 0 aromatic heterocycles. The molecule has 0 unspecified atom stereocenters. The standard InChI is InChI=1S/C17H18F2N2O3S2/c1-11(2)21-26(23,24)15-5-3-4-12(10-15)16(22)20-13-6-8-14(9-7-13)25-17(18)19/h3-11,17,21H,1-2H3,(H,20,22). The highest BCUT2D eigenvalue weighted by Gasteiger charge is 2.17. The van der Waals surface area contributed by atoms with Gasteiger partial charge in [0.25, 0.3) is 11.7 Å². The summed E-state index contributed by atoms with van der Waals surface area (Å²) in [6, 6.07) is 11.3. The Morgan fingerprint density at radius 1 is 1.08 bits per heavy atom. The monoisotopic (exact) mass is 400 g/mol. The number of halogens is 2. The highest BCUT2D eigenvalue weighted by molar-refractivity contribution is 7.99. The molecule has 0 bridgehead atoms. The Labute approximate surface area is 155 Å². The fourth-order valence-corrected chi connectivity index (χ4v) is 3.90. The normalized spacial score (nSPS) is 11.8. The number of anilines is 1. The van der Waals surface area contributed by atoms with E-state index in [-0.39, 0.29) is 16.5 Å². The fourth-order valence-electron chi connectivity index (χ4n) is 2.11. The van der Waals surface area contributed by atoms with Crippen molar-refractivity contribution < 1.29 is 22.0 Å². The molecule has 1 amide bonds. The van der Waals surface area contributed by atoms with Gasteiger partial charge in [-0.15, -0.1) is 0 Å². The van der Waals surface area contributed by atoms with Crippen LogP contribution in [0.2, 0.25) is 0 Å². The van der Waals surface area contributed by atoms with Crippen molar-refractivity contribution in [2.24, 2.45) is 0 Å². The van der Waals surface area contributed by atoms with Gasteiger partial charge < -0.3 is 5.32 Å². The van der Waals surface area contributed by atoms with Gasteiger partial charge in [-0.3, -0.25) is 4.79 Å². The summed E-state index contributed by atoms with van der Waals surface area (Å²) in [5.74, 6) is -3.01. The number of benzene rings is 2. The van der Waals surface area contributed by atoms with Crippen LogP contribution in [0.3, 0.4) is 0 Å². The van der Waals surface area contributed by atoms with Crippen molar-refractivity contribution in [1.29, 1.82) is 0 Å². The Hall–Kier alpha value is -1.97. The number of hydrogen-bond donors (Lipinski definition) is 2. The summed E-state index contributed by atoms with van der Waals surface area (Å²) < 4.78 is 51.4. The molecule has 0 fully saturated rings. The molecule has 0 heterocycles. The number of carbonyl (C=O) groups is 1. The highest BCUT2D eigenvalue weighted by Crippen LogP contribution is 2.26. The van der Waals surface area contributed by atoms with Crippen LogP contribution < -0.4 is 10.0 Å². The van der Waals surface area contributed by atoms with Crippen LogP contribution in [-0.2, 0) is 10.0 Å². The Kier molecular flexibility index (Phi) is 6.74. The predicted octanol–water partition coefficient (Wildman–Crippen LogP) is 3.94. The van der Waals surface area contributed by atoms with Crippen LogP contribution >= 0.6 is 11.8 Å². The quantitative estimate of drug-likeness (QED) is 0.691. The Balaban J connectivity index is 2.14. The number of alkyl halides is 2. The summed E-state index contributed by atoms with van der Waals surface area (Å²) in [5.41, 5.74) is 0.588. The summed E-state index contributed by atoms with van der Waals surface area (Å²) in [6.45, 7) is 3.40. The Morgan fingerprint density at radius 3 is 2.31 bits per heavy atom. The van der Waals surface area contributed by atoms with E-state index in [0.29, 0.717) is 22.3 Å². The molecular weight excluding hydrogens is 382 g/mol. The van der Waals surface area contributed by atoms with E-state index in [2.05, 4.69) is 10.0 Å². The molecule has 0 saturated carbocycles. The van der Waals surface area contributed by atoms with Gasteiger partial charge in [0.15, 0.2) is 0 Å². The SMILES string of the molecule is CC(C)NS(=O)(=O)c1cccc(C(=O)Nc2ccc(SC(F)F)cc2)c1. The molecule has 0 radical (unpaired) electrons. The zero-order chi connectivity index (χ0) is 19.3. The van der Waals surface area contributed by atoms with Gasteiger partial charge in [-0.25, -0.2) is 13.1 Å². The van der Waals surface area contributed by atoms with Gasteiger partial charge in [-0.05, 0) is 56.3 Å². The van der Waals surface area contributed by atoms with E-state index in [4.69, 9.17) is 0 Å². The molecule has 9 heteroatoms. The molecule has 26 heavy (non-hydrogen) atoms. The van der Waals surface area contributed by atoms with Gasteiger partial charge in [0.1, 0.15) is 0 Å². The molecule has 2 aromatic rings. The number of rotatable bonds is 7. The summed E-state index contributed by atoms with van der Waals surface area (Å²) in [6.07, 6.45) is 0. The first kappa shape index (κ1) is 20.3. The molecule has 2 N–H and O–H groups in total. The molecule has 0 saturated heterocycles. The fraction of sp³-hybridized carbons (Fsp3) is 0.235. The van der Waals surface area contributed by atoms with Crippen LogP contribution in [0, 0.1) is 0 Å². The lowest BCUT2D eigenvalue weighted by Gasteiger charge is -2.11. The lowest BCUT2D eigenvalue weighted by atomic mass is 10.2. The minimum absolute atomic E-state index is 0.0115. The maximum atomic E-state index is 12.3. The molecule has 2 aromatic carbocycles. The molecule has 0 aliphatic rings. The number of carbonyl (C=O) groups excluding carboxylic acids is 1. The Morgan fingerprint density at radius 2 is 1.73 bits per heavy atom. The highest BCUT2D eigenvalue weighted by atomic mass is 32.2. The lowest BCUT2D eigenvalue weighted by Crippen LogP contribution is -2.30. The van der Waals surface area contributed by atoms with Crippen molar-refractivity contribution in [2.75, 3.05) is 5.32 Å². The van der Waals surface area contributed by atoms with Crippen molar-refractivity contribution in [3.8, 4) is 0 Å². The summed E-state index contributed by atoms with van der Waals surface area (Å²) in [4.78, 5) is 12.7. The minimum atomic E-state index is -3.71. The third-order valence-corrected chi connectivity index (χ3v) is 5.51. The average molecular weight is 400 g/mol. The minimum Gasteiger partial charge on any atom is -0.322 e. The largest absolute Gasteiger partial charge is 0.322 e. The van der Waals surface area contributed by atoms with Crippen LogP contribution in [0.15, 0.2) is 58.3 Å². The van der Waals surface area contributed by atoms with E-state index in [1.165, 1.54) is 48.5 Å². The van der Waals surface area contributed by atoms with Gasteiger partial charge in [0.2, 0.25) is 10.0 Å². The molecule has 0 aliphatic heterocycles. The zero-order valence-corrected chi connectivity index (χ0v) is 15.7. The van der Waals surface area contributed by atoms with Gasteiger partial charge in [-0.2, -0.15) is 8.78 Å². The average Bonchev–Trinajstić information content (AvgIpc) is 2.55. The predicted molar refractivity (Wildman–Crippen MR) is 98.2 cm³/mol. The summed E-state index contributed by atoms with van der Waals surface area (Å²) >= 11 is 0.412. The summed E-state index contributed by atoms with van der Waals surface area (Å²) in [7, 11) is -3.71. The van der Waals surface area contributed by atoms with E-state index in [9.17, 15) is 22.0 Å². The second-order valence-electron chi connectivity index (χ2n) is 5.66. The molecule has 0 atom stereocenters. The van der Waals surface area contributed by atoms with Crippen molar-refractivity contribution in [3.05, 3.63) is 54.1 Å². The second kappa shape index (κ2) is 8.61. The maximum absolute atomic E-state index is 12.3. The van der Waals surface area contributed by atoms with E-state index < -0.39 is 21.7 Å². The van der Waals surface area contributed by atoms with Gasteiger partial charge in [0, 0.05) is 22.2 Å². The molecule has 140 valence electrons. The van der Waals surface area contributed by atoms with E-state index >= 15 is 0 Å². The van der Waals surface area contributed by atoms with Crippen LogP contribution in [0.4, 0.5) is 14.5 Å².